The van der Waals surface area contributed by atoms with E-state index in [0.717, 1.165) is 22.0 Å². The Labute approximate surface area is 94.3 Å². The number of benzene rings is 2. The average Bonchev–Trinajstić information content (AvgIpc) is 2.25. The summed E-state index contributed by atoms with van der Waals surface area (Å²) in [6.45, 7) is 3.47. The van der Waals surface area contributed by atoms with Crippen LogP contribution in [0.25, 0.3) is 10.8 Å². The van der Waals surface area contributed by atoms with Crippen LogP contribution in [0.1, 0.15) is 12.5 Å². The molecule has 0 spiro atoms. The third kappa shape index (κ3) is 1.72. The molecule has 0 unspecified atom stereocenters. The number of aryl methyl sites for hydroxylation is 1. The number of anilines is 2. The predicted octanol–water partition coefficient (Wildman–Crippen LogP) is 2.69. The lowest BCUT2D eigenvalue weighted by molar-refractivity contribution is -0.114. The van der Waals surface area contributed by atoms with Gasteiger partial charge in [0, 0.05) is 18.0 Å². The average molecular weight is 214 g/mol. The molecule has 1 amide bonds. The summed E-state index contributed by atoms with van der Waals surface area (Å²) < 4.78 is 0. The van der Waals surface area contributed by atoms with Gasteiger partial charge in [-0.1, -0.05) is 24.3 Å². The highest BCUT2D eigenvalue weighted by atomic mass is 16.1. The molecule has 0 radical (unpaired) electrons. The van der Waals surface area contributed by atoms with Crippen molar-refractivity contribution in [3.8, 4) is 0 Å². The highest BCUT2D eigenvalue weighted by Crippen LogP contribution is 2.30. The molecule has 2 rings (SSSR count). The van der Waals surface area contributed by atoms with Crippen molar-refractivity contribution in [1.82, 2.24) is 0 Å². The Hall–Kier alpha value is -2.03. The van der Waals surface area contributed by atoms with Gasteiger partial charge in [0.15, 0.2) is 0 Å². The summed E-state index contributed by atoms with van der Waals surface area (Å²) in [5.74, 6) is -0.0894. The Kier molecular flexibility index (Phi) is 2.52. The first-order valence-electron chi connectivity index (χ1n) is 5.15. The summed E-state index contributed by atoms with van der Waals surface area (Å²) in [6, 6.07) is 9.70. The molecule has 0 aliphatic carbocycles. The van der Waals surface area contributed by atoms with Crippen molar-refractivity contribution in [3.63, 3.8) is 0 Å². The van der Waals surface area contributed by atoms with E-state index in [0.29, 0.717) is 5.69 Å². The number of carbonyl (C=O) groups excluding carboxylic acids is 1. The summed E-state index contributed by atoms with van der Waals surface area (Å²) in [5.41, 5.74) is 8.42. The van der Waals surface area contributed by atoms with Gasteiger partial charge in [-0.15, -0.1) is 0 Å². The molecule has 0 aromatic heterocycles. The summed E-state index contributed by atoms with van der Waals surface area (Å²) in [6.07, 6.45) is 0. The number of fused-ring (bicyclic) bond motifs is 1. The van der Waals surface area contributed by atoms with Crippen molar-refractivity contribution in [2.75, 3.05) is 11.1 Å². The Morgan fingerprint density at radius 1 is 1.25 bits per heavy atom. The molecule has 0 bridgehead atoms. The molecule has 0 atom stereocenters. The molecule has 0 aliphatic rings. The smallest absolute Gasteiger partial charge is 0.221 e. The minimum atomic E-state index is -0.0894. The number of nitrogens with two attached hydrogens (primary N) is 1. The number of hydrogen-bond acceptors (Lipinski definition) is 2. The molecule has 0 saturated carbocycles. The van der Waals surface area contributed by atoms with Gasteiger partial charge in [0.2, 0.25) is 5.91 Å². The Balaban J connectivity index is 2.74. The van der Waals surface area contributed by atoms with Gasteiger partial charge in [-0.3, -0.25) is 4.79 Å². The number of rotatable bonds is 1. The van der Waals surface area contributed by atoms with Crippen molar-refractivity contribution >= 4 is 28.1 Å². The van der Waals surface area contributed by atoms with Gasteiger partial charge < -0.3 is 11.1 Å². The van der Waals surface area contributed by atoms with Crippen molar-refractivity contribution < 1.29 is 4.79 Å². The largest absolute Gasteiger partial charge is 0.398 e. The molecule has 3 nitrogen and oxygen atoms in total. The molecule has 0 heterocycles. The molecule has 16 heavy (non-hydrogen) atoms. The van der Waals surface area contributed by atoms with Crippen LogP contribution >= 0.6 is 0 Å². The van der Waals surface area contributed by atoms with E-state index in [1.54, 1.807) is 6.07 Å². The van der Waals surface area contributed by atoms with Gasteiger partial charge in [0.25, 0.3) is 0 Å². The molecular weight excluding hydrogens is 200 g/mol. The normalized spacial score (nSPS) is 10.4. The van der Waals surface area contributed by atoms with Gasteiger partial charge >= 0.3 is 0 Å². The zero-order valence-electron chi connectivity index (χ0n) is 9.37. The first kappa shape index (κ1) is 10.5. The second-order valence-electron chi connectivity index (χ2n) is 3.87. The fourth-order valence-electron chi connectivity index (χ4n) is 1.84. The summed E-state index contributed by atoms with van der Waals surface area (Å²) in [4.78, 5) is 11.1. The fraction of sp³-hybridized carbons (Fsp3) is 0.154. The number of amides is 1. The number of nitrogens with one attached hydrogen (secondary N) is 1. The second kappa shape index (κ2) is 3.85. The van der Waals surface area contributed by atoms with Crippen LogP contribution in [0.2, 0.25) is 0 Å². The summed E-state index contributed by atoms with van der Waals surface area (Å²) in [7, 11) is 0. The molecule has 3 heteroatoms. The zero-order valence-corrected chi connectivity index (χ0v) is 9.37. The number of nitrogen functional groups attached to an aromatic ring is 1. The lowest BCUT2D eigenvalue weighted by Gasteiger charge is -2.11. The Morgan fingerprint density at radius 3 is 2.50 bits per heavy atom. The molecule has 0 fully saturated rings. The van der Waals surface area contributed by atoms with Crippen LogP contribution in [0.15, 0.2) is 30.3 Å². The van der Waals surface area contributed by atoms with Crippen molar-refractivity contribution in [2.45, 2.75) is 13.8 Å². The van der Waals surface area contributed by atoms with Gasteiger partial charge in [-0.25, -0.2) is 0 Å². The third-order valence-electron chi connectivity index (χ3n) is 2.66. The van der Waals surface area contributed by atoms with Crippen LogP contribution in [0.4, 0.5) is 11.4 Å². The topological polar surface area (TPSA) is 55.1 Å². The van der Waals surface area contributed by atoms with E-state index < -0.39 is 0 Å². The van der Waals surface area contributed by atoms with E-state index in [2.05, 4.69) is 5.32 Å². The SMILES string of the molecule is CC(=O)Nc1cc(N)c(C)c2ccccc12. The standard InChI is InChI=1S/C13H14N2O/c1-8-10-5-3-4-6-11(10)13(7-12(8)14)15-9(2)16/h3-7H,14H2,1-2H3,(H,15,16). The predicted molar refractivity (Wildman–Crippen MR) is 67.4 cm³/mol. The van der Waals surface area contributed by atoms with E-state index in [1.165, 1.54) is 6.92 Å². The maximum absolute atomic E-state index is 11.1. The zero-order chi connectivity index (χ0) is 11.7. The maximum Gasteiger partial charge on any atom is 0.221 e. The Bertz CT molecular complexity index is 561. The lowest BCUT2D eigenvalue weighted by atomic mass is 10.0. The van der Waals surface area contributed by atoms with Gasteiger partial charge in [-0.05, 0) is 23.9 Å². The van der Waals surface area contributed by atoms with E-state index in [-0.39, 0.29) is 5.91 Å². The number of carbonyl (C=O) groups is 1. The van der Waals surface area contributed by atoms with Gasteiger partial charge in [-0.2, -0.15) is 0 Å². The van der Waals surface area contributed by atoms with Crippen LogP contribution in [0.5, 0.6) is 0 Å². The molecule has 3 N–H and O–H groups in total. The van der Waals surface area contributed by atoms with Crippen molar-refractivity contribution in [3.05, 3.63) is 35.9 Å². The third-order valence-corrected chi connectivity index (χ3v) is 2.66. The molecule has 0 saturated heterocycles. The van der Waals surface area contributed by atoms with E-state index in [9.17, 15) is 4.79 Å². The van der Waals surface area contributed by atoms with Crippen LogP contribution in [-0.2, 0) is 4.79 Å². The molecule has 2 aromatic carbocycles. The Morgan fingerprint density at radius 2 is 1.88 bits per heavy atom. The van der Waals surface area contributed by atoms with Crippen LogP contribution in [-0.4, -0.2) is 5.91 Å². The molecule has 82 valence electrons. The lowest BCUT2D eigenvalue weighted by Crippen LogP contribution is -2.07. The maximum atomic E-state index is 11.1. The van der Waals surface area contributed by atoms with E-state index in [4.69, 9.17) is 5.73 Å². The first-order valence-corrected chi connectivity index (χ1v) is 5.15. The van der Waals surface area contributed by atoms with Crippen LogP contribution in [0.3, 0.4) is 0 Å². The highest BCUT2D eigenvalue weighted by molar-refractivity contribution is 6.04. The minimum absolute atomic E-state index is 0.0894. The van der Waals surface area contributed by atoms with Gasteiger partial charge in [0.05, 0.1) is 5.69 Å². The highest BCUT2D eigenvalue weighted by Gasteiger charge is 2.07. The first-order chi connectivity index (χ1) is 7.59. The molecule has 0 aliphatic heterocycles. The minimum Gasteiger partial charge on any atom is -0.398 e. The van der Waals surface area contributed by atoms with Crippen molar-refractivity contribution in [2.24, 2.45) is 0 Å². The molecular formula is C13H14N2O. The fourth-order valence-corrected chi connectivity index (χ4v) is 1.84. The van der Waals surface area contributed by atoms with Crippen molar-refractivity contribution in [1.29, 1.82) is 0 Å². The van der Waals surface area contributed by atoms with Crippen LogP contribution < -0.4 is 11.1 Å². The monoisotopic (exact) mass is 214 g/mol. The van der Waals surface area contributed by atoms with Gasteiger partial charge in [0.1, 0.15) is 0 Å². The second-order valence-corrected chi connectivity index (χ2v) is 3.87. The summed E-state index contributed by atoms with van der Waals surface area (Å²) >= 11 is 0. The summed E-state index contributed by atoms with van der Waals surface area (Å²) in [5, 5.41) is 4.89. The molecule has 2 aromatic rings. The number of hydrogen-bond donors (Lipinski definition) is 2. The van der Waals surface area contributed by atoms with E-state index >= 15 is 0 Å². The van der Waals surface area contributed by atoms with E-state index in [1.807, 2.05) is 31.2 Å². The van der Waals surface area contributed by atoms with Crippen LogP contribution in [0, 0.1) is 6.92 Å². The quantitative estimate of drug-likeness (QED) is 0.717.